The first-order valence-corrected chi connectivity index (χ1v) is 4.57. The number of rotatable bonds is 4. The highest BCUT2D eigenvalue weighted by Gasteiger charge is 2.02. The number of nitrogens with zero attached hydrogens (tertiary/aromatic N) is 1. The molecule has 0 saturated heterocycles. The minimum atomic E-state index is -0.283. The van der Waals surface area contributed by atoms with Crippen LogP contribution in [0.1, 0.15) is 31.7 Å². The summed E-state index contributed by atoms with van der Waals surface area (Å²) in [5.41, 5.74) is 6.47. The van der Waals surface area contributed by atoms with Crippen LogP contribution in [0.5, 0.6) is 0 Å². The normalized spacial score (nSPS) is 10.2. The maximum atomic E-state index is 11.0. The van der Waals surface area contributed by atoms with Crippen molar-refractivity contribution in [1.82, 2.24) is 10.2 Å². The number of aromatic amines is 1. The fourth-order valence-corrected chi connectivity index (χ4v) is 1.21. The Hall–Kier alpha value is -1.32. The lowest BCUT2D eigenvalue weighted by Gasteiger charge is -2.01. The molecule has 0 aromatic carbocycles. The van der Waals surface area contributed by atoms with E-state index in [9.17, 15) is 4.79 Å². The molecule has 1 rings (SSSR count). The zero-order valence-electron chi connectivity index (χ0n) is 7.84. The van der Waals surface area contributed by atoms with Crippen molar-refractivity contribution in [2.75, 3.05) is 5.73 Å². The van der Waals surface area contributed by atoms with Gasteiger partial charge in [-0.2, -0.15) is 5.10 Å². The average Bonchev–Trinajstić information content (AvgIpc) is 2.13. The second-order valence-electron chi connectivity index (χ2n) is 3.10. The molecule has 0 amide bonds. The lowest BCUT2D eigenvalue weighted by atomic mass is 10.1. The van der Waals surface area contributed by atoms with Crippen molar-refractivity contribution in [1.29, 1.82) is 0 Å². The second kappa shape index (κ2) is 4.64. The highest BCUT2D eigenvalue weighted by Crippen LogP contribution is 2.08. The molecule has 13 heavy (non-hydrogen) atoms. The van der Waals surface area contributed by atoms with E-state index in [0.717, 1.165) is 31.2 Å². The van der Waals surface area contributed by atoms with Crippen LogP contribution in [0.3, 0.4) is 0 Å². The average molecular weight is 181 g/mol. The van der Waals surface area contributed by atoms with Gasteiger partial charge in [-0.3, -0.25) is 4.79 Å². The lowest BCUT2D eigenvalue weighted by Crippen LogP contribution is -2.15. The molecule has 0 aliphatic carbocycles. The van der Waals surface area contributed by atoms with Crippen molar-refractivity contribution in [2.45, 2.75) is 32.6 Å². The molecule has 4 heteroatoms. The summed E-state index contributed by atoms with van der Waals surface area (Å²) in [5.74, 6) is 0. The quantitative estimate of drug-likeness (QED) is 0.683. The van der Waals surface area contributed by atoms with Gasteiger partial charge in [-0.1, -0.05) is 19.8 Å². The monoisotopic (exact) mass is 181 g/mol. The molecular weight excluding hydrogens is 166 g/mol. The molecule has 0 bridgehead atoms. The van der Waals surface area contributed by atoms with E-state index in [2.05, 4.69) is 17.1 Å². The number of aromatic nitrogens is 2. The van der Waals surface area contributed by atoms with Gasteiger partial charge in [0, 0.05) is 5.56 Å². The Morgan fingerprint density at radius 1 is 1.54 bits per heavy atom. The summed E-state index contributed by atoms with van der Waals surface area (Å²) < 4.78 is 0. The van der Waals surface area contributed by atoms with E-state index in [-0.39, 0.29) is 5.56 Å². The van der Waals surface area contributed by atoms with Crippen LogP contribution in [0.2, 0.25) is 0 Å². The first-order chi connectivity index (χ1) is 6.25. The standard InChI is InChI=1S/C9H15N3O/c1-2-3-4-5-7-6-11-12-9(13)8(7)10/h6H,2-5H2,1H3,(H2,10,11)(H,12,13). The van der Waals surface area contributed by atoms with E-state index < -0.39 is 0 Å². The first kappa shape index (κ1) is 9.77. The molecule has 1 aromatic rings. The van der Waals surface area contributed by atoms with E-state index >= 15 is 0 Å². The fourth-order valence-electron chi connectivity index (χ4n) is 1.21. The maximum absolute atomic E-state index is 11.0. The Morgan fingerprint density at radius 3 is 3.00 bits per heavy atom. The van der Waals surface area contributed by atoms with Gasteiger partial charge in [-0.15, -0.1) is 0 Å². The largest absolute Gasteiger partial charge is 0.394 e. The van der Waals surface area contributed by atoms with Crippen LogP contribution >= 0.6 is 0 Å². The molecule has 3 N–H and O–H groups in total. The van der Waals surface area contributed by atoms with E-state index in [1.807, 2.05) is 0 Å². The number of H-pyrrole nitrogens is 1. The second-order valence-corrected chi connectivity index (χ2v) is 3.10. The SMILES string of the molecule is CCCCCc1cn[nH]c(=O)c1N. The minimum absolute atomic E-state index is 0.283. The van der Waals surface area contributed by atoms with Crippen molar-refractivity contribution in [3.05, 3.63) is 22.1 Å². The molecule has 0 unspecified atom stereocenters. The van der Waals surface area contributed by atoms with Crippen molar-refractivity contribution in [3.8, 4) is 0 Å². The van der Waals surface area contributed by atoms with Crippen molar-refractivity contribution < 1.29 is 0 Å². The molecule has 72 valence electrons. The number of hydrogen-bond acceptors (Lipinski definition) is 3. The van der Waals surface area contributed by atoms with Gasteiger partial charge >= 0.3 is 0 Å². The number of nitrogens with one attached hydrogen (secondary N) is 1. The van der Waals surface area contributed by atoms with Crippen LogP contribution < -0.4 is 11.3 Å². The zero-order chi connectivity index (χ0) is 9.68. The van der Waals surface area contributed by atoms with Crippen LogP contribution in [-0.4, -0.2) is 10.2 Å². The lowest BCUT2D eigenvalue weighted by molar-refractivity contribution is 0.714. The Kier molecular flexibility index (Phi) is 3.49. The van der Waals surface area contributed by atoms with Crippen LogP contribution in [0, 0.1) is 0 Å². The maximum Gasteiger partial charge on any atom is 0.287 e. The van der Waals surface area contributed by atoms with E-state index in [1.165, 1.54) is 0 Å². The molecule has 0 aliphatic rings. The number of nitrogen functional groups attached to an aromatic ring is 1. The highest BCUT2D eigenvalue weighted by atomic mass is 16.1. The van der Waals surface area contributed by atoms with Crippen LogP contribution in [0.4, 0.5) is 5.69 Å². The van der Waals surface area contributed by atoms with E-state index in [1.54, 1.807) is 6.20 Å². The topological polar surface area (TPSA) is 71.8 Å². The Labute approximate surface area is 77.2 Å². The molecule has 4 nitrogen and oxygen atoms in total. The van der Waals surface area contributed by atoms with Gasteiger partial charge < -0.3 is 5.73 Å². The Morgan fingerprint density at radius 2 is 2.31 bits per heavy atom. The number of anilines is 1. The Bertz CT molecular complexity index is 319. The summed E-state index contributed by atoms with van der Waals surface area (Å²) in [6.45, 7) is 2.14. The summed E-state index contributed by atoms with van der Waals surface area (Å²) >= 11 is 0. The third-order valence-electron chi connectivity index (χ3n) is 2.03. The molecule has 0 spiro atoms. The van der Waals surface area contributed by atoms with Gasteiger partial charge in [0.2, 0.25) is 0 Å². The van der Waals surface area contributed by atoms with Gasteiger partial charge in [0.1, 0.15) is 5.69 Å². The van der Waals surface area contributed by atoms with E-state index in [4.69, 9.17) is 5.73 Å². The number of hydrogen-bond donors (Lipinski definition) is 2. The van der Waals surface area contributed by atoms with Crippen LogP contribution in [0.15, 0.2) is 11.0 Å². The predicted molar refractivity (Wildman–Crippen MR) is 52.5 cm³/mol. The summed E-state index contributed by atoms with van der Waals surface area (Å²) in [5, 5.41) is 6.01. The summed E-state index contributed by atoms with van der Waals surface area (Å²) in [6.07, 6.45) is 5.86. The molecular formula is C9H15N3O. The smallest absolute Gasteiger partial charge is 0.287 e. The fraction of sp³-hybridized carbons (Fsp3) is 0.556. The van der Waals surface area contributed by atoms with Crippen molar-refractivity contribution in [3.63, 3.8) is 0 Å². The van der Waals surface area contributed by atoms with Gasteiger partial charge in [0.05, 0.1) is 6.20 Å². The van der Waals surface area contributed by atoms with Gasteiger partial charge in [-0.25, -0.2) is 5.10 Å². The van der Waals surface area contributed by atoms with Crippen molar-refractivity contribution >= 4 is 5.69 Å². The predicted octanol–water partition coefficient (Wildman–Crippen LogP) is 1.08. The highest BCUT2D eigenvalue weighted by molar-refractivity contribution is 5.42. The van der Waals surface area contributed by atoms with Gasteiger partial charge in [0.15, 0.2) is 0 Å². The number of nitrogens with two attached hydrogens (primary N) is 1. The van der Waals surface area contributed by atoms with Crippen LogP contribution in [0.25, 0.3) is 0 Å². The van der Waals surface area contributed by atoms with Crippen molar-refractivity contribution in [2.24, 2.45) is 0 Å². The first-order valence-electron chi connectivity index (χ1n) is 4.57. The molecule has 1 aromatic heterocycles. The molecule has 0 aliphatic heterocycles. The Balaban J connectivity index is 2.66. The van der Waals surface area contributed by atoms with Gasteiger partial charge in [0.25, 0.3) is 5.56 Å². The summed E-state index contributed by atoms with van der Waals surface area (Å²) in [6, 6.07) is 0. The molecule has 1 heterocycles. The number of unbranched alkanes of at least 4 members (excludes halogenated alkanes) is 2. The van der Waals surface area contributed by atoms with Crippen LogP contribution in [-0.2, 0) is 6.42 Å². The molecule has 0 atom stereocenters. The molecule has 0 saturated carbocycles. The van der Waals surface area contributed by atoms with E-state index in [0.29, 0.717) is 5.69 Å². The summed E-state index contributed by atoms with van der Waals surface area (Å²) in [4.78, 5) is 11.0. The third-order valence-corrected chi connectivity index (χ3v) is 2.03. The number of aryl methyl sites for hydroxylation is 1. The molecule has 0 radical (unpaired) electrons. The zero-order valence-corrected chi connectivity index (χ0v) is 7.84. The minimum Gasteiger partial charge on any atom is -0.394 e. The summed E-state index contributed by atoms with van der Waals surface area (Å²) in [7, 11) is 0. The third kappa shape index (κ3) is 2.57. The molecule has 0 fully saturated rings. The van der Waals surface area contributed by atoms with Gasteiger partial charge in [-0.05, 0) is 12.8 Å².